The predicted molar refractivity (Wildman–Crippen MR) is 153 cm³/mol. The molecule has 12 heteroatoms. The van der Waals surface area contributed by atoms with E-state index in [2.05, 4.69) is 37.1 Å². The summed E-state index contributed by atoms with van der Waals surface area (Å²) in [5.74, 6) is -2.45. The third-order valence-corrected chi connectivity index (χ3v) is 8.57. The van der Waals surface area contributed by atoms with Gasteiger partial charge in [-0.1, -0.05) is 0 Å². The number of benzene rings is 1. The first-order valence-electron chi connectivity index (χ1n) is 13.3. The van der Waals surface area contributed by atoms with Crippen molar-refractivity contribution < 1.29 is 18.7 Å². The average Bonchev–Trinajstić information content (AvgIpc) is 3.62. The second kappa shape index (κ2) is 8.96. The highest BCUT2D eigenvalue weighted by Crippen LogP contribution is 2.46. The number of carbonyl (C=O) groups is 1. The third-order valence-electron chi connectivity index (χ3n) is 8.57. The third kappa shape index (κ3) is 3.70. The van der Waals surface area contributed by atoms with Crippen LogP contribution in [0.5, 0.6) is 0 Å². The van der Waals surface area contributed by atoms with E-state index in [0.29, 0.717) is 56.5 Å². The van der Waals surface area contributed by atoms with Gasteiger partial charge in [0, 0.05) is 76.1 Å². The number of nitrogens with one attached hydrogen (secondary N) is 2. The van der Waals surface area contributed by atoms with Gasteiger partial charge in [0.15, 0.2) is 11.6 Å². The molecule has 2 saturated heterocycles. The van der Waals surface area contributed by atoms with Crippen LogP contribution in [0, 0.1) is 23.5 Å². The number of nitrogens with zero attached hydrogens (tertiary/aromatic N) is 5. The van der Waals surface area contributed by atoms with E-state index in [1.165, 1.54) is 10.8 Å². The molecule has 0 spiro atoms. The smallest absolute Gasteiger partial charge is 0.341 e. The number of aromatic nitrogens is 4. The van der Waals surface area contributed by atoms with Crippen molar-refractivity contribution in [2.45, 2.75) is 0 Å². The second-order valence-electron chi connectivity index (χ2n) is 11.1. The van der Waals surface area contributed by atoms with Crippen molar-refractivity contribution in [3.05, 3.63) is 58.1 Å². The van der Waals surface area contributed by atoms with E-state index in [1.807, 2.05) is 0 Å². The summed E-state index contributed by atoms with van der Waals surface area (Å²) in [7, 11) is 5.37. The number of H-pyrrole nitrogens is 1. The molecule has 0 amide bonds. The van der Waals surface area contributed by atoms with Gasteiger partial charge in [-0.2, -0.15) is 0 Å². The van der Waals surface area contributed by atoms with Crippen LogP contribution in [0.2, 0.25) is 0 Å². The van der Waals surface area contributed by atoms with Crippen LogP contribution in [0.15, 0.2) is 35.5 Å². The first-order chi connectivity index (χ1) is 19.7. The van der Waals surface area contributed by atoms with Crippen molar-refractivity contribution in [2.75, 3.05) is 50.5 Å². The maximum absolute atomic E-state index is 15.6. The molecular formula is C29H27F2N7O3. The van der Waals surface area contributed by atoms with Crippen molar-refractivity contribution in [1.82, 2.24) is 24.4 Å². The minimum Gasteiger partial charge on any atom is -0.477 e. The Balaban J connectivity index is 1.54. The monoisotopic (exact) mass is 559 g/mol. The van der Waals surface area contributed by atoms with Crippen LogP contribution in [0.25, 0.3) is 44.1 Å². The Hall–Kier alpha value is -4.58. The molecule has 0 saturated carbocycles. The molecule has 1 aromatic carbocycles. The zero-order valence-electron chi connectivity index (χ0n) is 22.6. The number of rotatable bonds is 4. The normalized spacial score (nSPS) is 19.1. The van der Waals surface area contributed by atoms with Crippen LogP contribution in [0.1, 0.15) is 10.4 Å². The van der Waals surface area contributed by atoms with E-state index in [9.17, 15) is 19.1 Å². The number of hydrogen-bond donors (Lipinski definition) is 3. The Kier molecular flexibility index (Phi) is 5.55. The Labute approximate surface area is 232 Å². The molecule has 2 atom stereocenters. The van der Waals surface area contributed by atoms with Crippen LogP contribution in [0.3, 0.4) is 0 Å². The first kappa shape index (κ1) is 25.4. The molecular weight excluding hydrogens is 532 g/mol. The fraction of sp³-hybridized carbons (Fsp3) is 0.310. The summed E-state index contributed by atoms with van der Waals surface area (Å²) in [5, 5.41) is 13.2. The zero-order chi connectivity index (χ0) is 28.7. The van der Waals surface area contributed by atoms with Gasteiger partial charge in [-0.05, 0) is 24.9 Å². The van der Waals surface area contributed by atoms with Crippen molar-refractivity contribution in [3.63, 3.8) is 0 Å². The Morgan fingerprint density at radius 1 is 1.07 bits per heavy atom. The fourth-order valence-corrected chi connectivity index (χ4v) is 6.75. The predicted octanol–water partition coefficient (Wildman–Crippen LogP) is 3.65. The van der Waals surface area contributed by atoms with Gasteiger partial charge >= 0.3 is 5.97 Å². The highest BCUT2D eigenvalue weighted by atomic mass is 19.2. The zero-order valence-corrected chi connectivity index (χ0v) is 22.6. The van der Waals surface area contributed by atoms with E-state index in [1.54, 1.807) is 32.6 Å². The van der Waals surface area contributed by atoms with E-state index in [0.717, 1.165) is 32.2 Å². The number of fused-ring (bicyclic) bond motifs is 5. The Bertz CT molecular complexity index is 1970. The number of carboxylic acid groups (broad SMARTS) is 1. The Morgan fingerprint density at radius 2 is 1.80 bits per heavy atom. The second-order valence-corrected chi connectivity index (χ2v) is 11.1. The molecule has 3 N–H and O–H groups in total. The molecule has 6 heterocycles. The SMILES string of the molecule is CNc1cc(F)c(F)c2c1[nH]c1ncc(-c3cnc4c(c3)c(=O)c(C(=O)O)cn4C)c(N3C[C@H]4CN(C)C[C@H]4C3)c12. The molecule has 2 aliphatic rings. The quantitative estimate of drug-likeness (QED) is 0.305. The van der Waals surface area contributed by atoms with Gasteiger partial charge in [-0.3, -0.25) is 4.79 Å². The molecule has 7 rings (SSSR count). The number of anilines is 2. The number of aromatic carboxylic acids is 1. The van der Waals surface area contributed by atoms with Gasteiger partial charge in [0.05, 0.1) is 33.1 Å². The molecule has 2 aliphatic heterocycles. The van der Waals surface area contributed by atoms with E-state index >= 15 is 4.39 Å². The number of aryl methyl sites for hydroxylation is 1. The summed E-state index contributed by atoms with van der Waals surface area (Å²) in [6.07, 6.45) is 4.50. The van der Waals surface area contributed by atoms with Gasteiger partial charge in [0.1, 0.15) is 16.9 Å². The molecule has 5 aromatic rings. The maximum atomic E-state index is 15.6. The van der Waals surface area contributed by atoms with Gasteiger partial charge in [0.25, 0.3) is 0 Å². The van der Waals surface area contributed by atoms with Gasteiger partial charge < -0.3 is 29.8 Å². The van der Waals surface area contributed by atoms with Gasteiger partial charge in [-0.15, -0.1) is 0 Å². The van der Waals surface area contributed by atoms with E-state index < -0.39 is 23.0 Å². The molecule has 0 unspecified atom stereocenters. The largest absolute Gasteiger partial charge is 0.477 e. The topological polar surface area (TPSA) is 119 Å². The van der Waals surface area contributed by atoms with Crippen LogP contribution in [-0.2, 0) is 7.05 Å². The minimum absolute atomic E-state index is 0.0979. The standard InChI is InChI=1S/C29H27F2N7O3/c1-32-20-5-19(30)23(31)21-22-25(38-10-14-8-36(2)9-15(14)11-38)17(7-33-27(22)35-24(20)21)13-4-16-26(39)18(29(40)41)12-37(3)28(16)34-6-13/h4-7,12,14-15,32H,8-11H2,1-3H3,(H,33,35)(H,40,41)/t14-,15+. The van der Waals surface area contributed by atoms with Gasteiger partial charge in [0.2, 0.25) is 5.43 Å². The summed E-state index contributed by atoms with van der Waals surface area (Å²) < 4.78 is 32.0. The summed E-state index contributed by atoms with van der Waals surface area (Å²) in [6.45, 7) is 3.32. The summed E-state index contributed by atoms with van der Waals surface area (Å²) in [6, 6.07) is 2.73. The van der Waals surface area contributed by atoms with Gasteiger partial charge in [-0.25, -0.2) is 23.5 Å². The van der Waals surface area contributed by atoms with E-state index in [-0.39, 0.29) is 16.3 Å². The van der Waals surface area contributed by atoms with Crippen LogP contribution >= 0.6 is 0 Å². The molecule has 4 aromatic heterocycles. The maximum Gasteiger partial charge on any atom is 0.341 e. The number of carboxylic acids is 1. The Morgan fingerprint density at radius 3 is 2.49 bits per heavy atom. The molecule has 0 bridgehead atoms. The molecule has 0 aliphatic carbocycles. The molecule has 41 heavy (non-hydrogen) atoms. The number of likely N-dealkylation sites (tertiary alicyclic amines) is 1. The highest BCUT2D eigenvalue weighted by molar-refractivity contribution is 6.18. The van der Waals surface area contributed by atoms with Crippen LogP contribution in [0.4, 0.5) is 20.2 Å². The fourth-order valence-electron chi connectivity index (χ4n) is 6.75. The average molecular weight is 560 g/mol. The number of pyridine rings is 3. The van der Waals surface area contributed by atoms with Crippen molar-refractivity contribution in [2.24, 2.45) is 18.9 Å². The van der Waals surface area contributed by atoms with Crippen molar-refractivity contribution >= 4 is 50.3 Å². The summed E-state index contributed by atoms with van der Waals surface area (Å²) in [5.41, 5.74) is 2.34. The number of hydrogen-bond acceptors (Lipinski definition) is 7. The van der Waals surface area contributed by atoms with Crippen LogP contribution < -0.4 is 15.6 Å². The molecule has 2 fully saturated rings. The summed E-state index contributed by atoms with van der Waals surface area (Å²) in [4.78, 5) is 41.7. The lowest BCUT2D eigenvalue weighted by molar-refractivity contribution is 0.0695. The van der Waals surface area contributed by atoms with E-state index in [4.69, 9.17) is 0 Å². The first-order valence-corrected chi connectivity index (χ1v) is 13.3. The van der Waals surface area contributed by atoms with Crippen molar-refractivity contribution in [3.8, 4) is 11.1 Å². The van der Waals surface area contributed by atoms with Crippen molar-refractivity contribution in [1.29, 1.82) is 0 Å². The highest BCUT2D eigenvalue weighted by Gasteiger charge is 2.40. The lowest BCUT2D eigenvalue weighted by Crippen LogP contribution is -2.27. The lowest BCUT2D eigenvalue weighted by atomic mass is 10.0. The minimum atomic E-state index is -1.33. The van der Waals surface area contributed by atoms with Crippen LogP contribution in [-0.4, -0.2) is 75.8 Å². The summed E-state index contributed by atoms with van der Waals surface area (Å²) >= 11 is 0. The number of halogens is 2. The molecule has 10 nitrogen and oxygen atoms in total. The number of aromatic amines is 1. The molecule has 210 valence electrons. The lowest BCUT2D eigenvalue weighted by Gasteiger charge is -2.25. The molecule has 0 radical (unpaired) electrons.